The van der Waals surface area contributed by atoms with Gasteiger partial charge in [-0.2, -0.15) is 0 Å². The topological polar surface area (TPSA) is 50.8 Å². The average molecular weight is 346 g/mol. The van der Waals surface area contributed by atoms with Crippen LogP contribution in [-0.4, -0.2) is 42.6 Å². The molecule has 0 aromatic heterocycles. The van der Waals surface area contributed by atoms with Gasteiger partial charge in [-0.15, -0.1) is 0 Å². The Kier molecular flexibility index (Phi) is 5.52. The third kappa shape index (κ3) is 4.09. The quantitative estimate of drug-likeness (QED) is 0.891. The maximum Gasteiger partial charge on any atom is 0.219 e. The molecule has 3 atom stereocenters. The van der Waals surface area contributed by atoms with Crippen LogP contribution in [-0.2, 0) is 17.8 Å². The van der Waals surface area contributed by atoms with Crippen molar-refractivity contribution in [1.29, 1.82) is 0 Å². The van der Waals surface area contributed by atoms with Gasteiger partial charge in [0.2, 0.25) is 5.91 Å². The van der Waals surface area contributed by atoms with Crippen molar-refractivity contribution in [3.8, 4) is 11.5 Å². The van der Waals surface area contributed by atoms with Crippen molar-refractivity contribution >= 4 is 5.91 Å². The Bertz CT molecular complexity index is 632. The van der Waals surface area contributed by atoms with Crippen molar-refractivity contribution < 1.29 is 14.3 Å². The second kappa shape index (κ2) is 7.65. The number of nitrogens with zero attached hydrogens (tertiary/aromatic N) is 1. The van der Waals surface area contributed by atoms with E-state index in [0.29, 0.717) is 18.6 Å². The zero-order chi connectivity index (χ0) is 18.0. The lowest BCUT2D eigenvalue weighted by atomic mass is 9.93. The molecule has 3 rings (SSSR count). The van der Waals surface area contributed by atoms with E-state index in [2.05, 4.69) is 31.3 Å². The first kappa shape index (κ1) is 18.1. The van der Waals surface area contributed by atoms with E-state index in [1.165, 1.54) is 11.1 Å². The lowest BCUT2D eigenvalue weighted by Gasteiger charge is -2.37. The van der Waals surface area contributed by atoms with Crippen LogP contribution in [0.2, 0.25) is 0 Å². The van der Waals surface area contributed by atoms with Gasteiger partial charge in [0.25, 0.3) is 0 Å². The maximum absolute atomic E-state index is 11.6. The van der Waals surface area contributed by atoms with Gasteiger partial charge in [0.15, 0.2) is 0 Å². The molecule has 0 spiro atoms. The first-order valence-corrected chi connectivity index (χ1v) is 9.42. The number of carbonyl (C=O) groups excluding carboxylic acids is 1. The Hall–Kier alpha value is -1.75. The highest BCUT2D eigenvalue weighted by atomic mass is 16.5. The van der Waals surface area contributed by atoms with E-state index < -0.39 is 0 Å². The zero-order valence-corrected chi connectivity index (χ0v) is 15.8. The van der Waals surface area contributed by atoms with E-state index in [1.807, 2.05) is 11.8 Å². The number of hydrogen-bond donors (Lipinski definition) is 1. The van der Waals surface area contributed by atoms with E-state index in [1.54, 1.807) is 6.92 Å². The van der Waals surface area contributed by atoms with Gasteiger partial charge in [0.1, 0.15) is 17.6 Å². The first-order chi connectivity index (χ1) is 12.0. The van der Waals surface area contributed by atoms with Crippen LogP contribution in [0, 0.1) is 5.92 Å². The first-order valence-electron chi connectivity index (χ1n) is 9.42. The van der Waals surface area contributed by atoms with Gasteiger partial charge in [-0.1, -0.05) is 6.92 Å². The number of benzene rings is 1. The van der Waals surface area contributed by atoms with Crippen molar-refractivity contribution in [1.82, 2.24) is 10.2 Å². The summed E-state index contributed by atoms with van der Waals surface area (Å²) in [4.78, 5) is 13.5. The number of rotatable bonds is 5. The molecule has 1 N–H and O–H groups in total. The van der Waals surface area contributed by atoms with E-state index in [0.717, 1.165) is 44.0 Å². The predicted octanol–water partition coefficient (Wildman–Crippen LogP) is 2.76. The number of hydrogen-bond acceptors (Lipinski definition) is 4. The Morgan fingerprint density at radius 3 is 2.88 bits per heavy atom. The molecule has 1 saturated heterocycles. The fraction of sp³-hybridized carbons (Fsp3) is 0.650. The molecule has 5 nitrogen and oxygen atoms in total. The van der Waals surface area contributed by atoms with Crippen molar-refractivity contribution in [2.24, 2.45) is 5.92 Å². The highest BCUT2D eigenvalue weighted by molar-refractivity contribution is 5.73. The molecule has 138 valence electrons. The van der Waals surface area contributed by atoms with Crippen LogP contribution in [0.3, 0.4) is 0 Å². The largest absolute Gasteiger partial charge is 0.494 e. The van der Waals surface area contributed by atoms with Crippen LogP contribution in [0.15, 0.2) is 12.1 Å². The van der Waals surface area contributed by atoms with Crippen molar-refractivity contribution in [3.63, 3.8) is 0 Å². The molecular weight excluding hydrogens is 316 g/mol. The van der Waals surface area contributed by atoms with Gasteiger partial charge in [0.05, 0.1) is 6.61 Å². The molecule has 0 bridgehead atoms. The highest BCUT2D eigenvalue weighted by Crippen LogP contribution is 2.36. The average Bonchev–Trinajstić information content (AvgIpc) is 2.94. The summed E-state index contributed by atoms with van der Waals surface area (Å²) >= 11 is 0. The monoisotopic (exact) mass is 346 g/mol. The SMILES string of the molecule is CCOc1cc(CNC2CCN(C(C)=O)CC2C)c2c(c1)CC(C)O2. The fourth-order valence-electron chi connectivity index (χ4n) is 3.94. The lowest BCUT2D eigenvalue weighted by molar-refractivity contribution is -0.130. The van der Waals surface area contributed by atoms with E-state index in [9.17, 15) is 4.79 Å². The minimum Gasteiger partial charge on any atom is -0.494 e. The molecular formula is C20H30N2O3. The number of likely N-dealkylation sites (tertiary alicyclic amines) is 1. The van der Waals surface area contributed by atoms with Crippen LogP contribution in [0.4, 0.5) is 0 Å². The van der Waals surface area contributed by atoms with Gasteiger partial charge in [0, 0.05) is 50.1 Å². The minimum atomic E-state index is 0.176. The molecule has 1 amide bonds. The van der Waals surface area contributed by atoms with Gasteiger partial charge in [-0.25, -0.2) is 0 Å². The molecule has 5 heteroatoms. The zero-order valence-electron chi connectivity index (χ0n) is 15.8. The van der Waals surface area contributed by atoms with Crippen LogP contribution >= 0.6 is 0 Å². The number of ether oxygens (including phenoxy) is 2. The molecule has 2 aliphatic heterocycles. The molecule has 0 saturated carbocycles. The molecule has 2 heterocycles. The summed E-state index contributed by atoms with van der Waals surface area (Å²) in [7, 11) is 0. The Balaban J connectivity index is 1.68. The summed E-state index contributed by atoms with van der Waals surface area (Å²) in [6.45, 7) is 11.1. The van der Waals surface area contributed by atoms with Gasteiger partial charge in [-0.05, 0) is 38.3 Å². The van der Waals surface area contributed by atoms with Gasteiger partial charge < -0.3 is 19.7 Å². The smallest absolute Gasteiger partial charge is 0.219 e. The number of nitrogens with one attached hydrogen (secondary N) is 1. The normalized spacial score (nSPS) is 25.4. The predicted molar refractivity (Wildman–Crippen MR) is 98.1 cm³/mol. The summed E-state index contributed by atoms with van der Waals surface area (Å²) in [5, 5.41) is 3.69. The maximum atomic E-state index is 11.6. The summed E-state index contributed by atoms with van der Waals surface area (Å²) in [5.41, 5.74) is 2.42. The molecule has 1 fully saturated rings. The molecule has 1 aromatic carbocycles. The number of amides is 1. The van der Waals surface area contributed by atoms with Crippen molar-refractivity contribution in [2.45, 2.75) is 59.2 Å². The molecule has 3 unspecified atom stereocenters. The summed E-state index contributed by atoms with van der Waals surface area (Å²) in [6, 6.07) is 4.63. The number of fused-ring (bicyclic) bond motifs is 1. The van der Waals surface area contributed by atoms with Crippen molar-refractivity contribution in [3.05, 3.63) is 23.3 Å². The van der Waals surface area contributed by atoms with E-state index in [4.69, 9.17) is 9.47 Å². The Morgan fingerprint density at radius 2 is 2.20 bits per heavy atom. The van der Waals surface area contributed by atoms with Crippen LogP contribution in [0.5, 0.6) is 11.5 Å². The third-order valence-electron chi connectivity index (χ3n) is 5.26. The van der Waals surface area contributed by atoms with Gasteiger partial charge >= 0.3 is 0 Å². The summed E-state index contributed by atoms with van der Waals surface area (Å²) in [5.74, 6) is 2.57. The standard InChI is InChI=1S/C20H30N2O3/c1-5-24-18-9-16-8-14(3)25-20(16)17(10-18)11-21-19-6-7-22(15(4)23)12-13(19)2/h9-10,13-14,19,21H,5-8,11-12H2,1-4H3. The van der Waals surface area contributed by atoms with Crippen LogP contribution in [0.25, 0.3) is 0 Å². The molecule has 0 aliphatic carbocycles. The van der Waals surface area contributed by atoms with Crippen LogP contribution in [0.1, 0.15) is 45.2 Å². The second-order valence-electron chi connectivity index (χ2n) is 7.35. The molecule has 0 radical (unpaired) electrons. The minimum absolute atomic E-state index is 0.176. The molecule has 1 aromatic rings. The Morgan fingerprint density at radius 1 is 1.40 bits per heavy atom. The second-order valence-corrected chi connectivity index (χ2v) is 7.35. The highest BCUT2D eigenvalue weighted by Gasteiger charge is 2.28. The number of carbonyl (C=O) groups is 1. The number of piperidine rings is 1. The Labute approximate surface area is 150 Å². The van der Waals surface area contributed by atoms with Gasteiger partial charge in [-0.3, -0.25) is 4.79 Å². The summed E-state index contributed by atoms with van der Waals surface area (Å²) in [6.07, 6.45) is 2.16. The molecule has 2 aliphatic rings. The van der Waals surface area contributed by atoms with E-state index >= 15 is 0 Å². The fourth-order valence-corrected chi connectivity index (χ4v) is 3.94. The lowest BCUT2D eigenvalue weighted by Crippen LogP contribution is -2.49. The third-order valence-corrected chi connectivity index (χ3v) is 5.26. The summed E-state index contributed by atoms with van der Waals surface area (Å²) < 4.78 is 11.8. The molecule has 25 heavy (non-hydrogen) atoms. The van der Waals surface area contributed by atoms with Crippen LogP contribution < -0.4 is 14.8 Å². The van der Waals surface area contributed by atoms with E-state index in [-0.39, 0.29) is 12.0 Å². The van der Waals surface area contributed by atoms with Crippen molar-refractivity contribution in [2.75, 3.05) is 19.7 Å².